The molecule has 1 amide bonds. The van der Waals surface area contributed by atoms with Crippen LogP contribution in [0.2, 0.25) is 0 Å². The van der Waals surface area contributed by atoms with E-state index < -0.39 is 0 Å². The first-order valence-corrected chi connectivity index (χ1v) is 9.54. The highest BCUT2D eigenvalue weighted by molar-refractivity contribution is 5.85. The lowest BCUT2D eigenvalue weighted by atomic mass is 9.91. The number of carbonyl (C=O) groups is 1. The molecule has 154 valence electrons. The van der Waals surface area contributed by atoms with E-state index in [4.69, 9.17) is 10.5 Å². The molecule has 3 atom stereocenters. The highest BCUT2D eigenvalue weighted by Gasteiger charge is 2.31. The van der Waals surface area contributed by atoms with Crippen molar-refractivity contribution in [2.24, 2.45) is 17.6 Å². The van der Waals surface area contributed by atoms with E-state index in [1.807, 2.05) is 42.2 Å². The zero-order valence-electron chi connectivity index (χ0n) is 16.1. The van der Waals surface area contributed by atoms with Crippen molar-refractivity contribution in [2.45, 2.75) is 25.8 Å². The maximum Gasteiger partial charge on any atom is 0.227 e. The molecule has 1 aromatic carbocycles. The minimum absolute atomic E-state index is 0. The van der Waals surface area contributed by atoms with Crippen molar-refractivity contribution < 1.29 is 9.53 Å². The molecule has 3 unspecified atom stereocenters. The van der Waals surface area contributed by atoms with Gasteiger partial charge in [0, 0.05) is 38.8 Å². The van der Waals surface area contributed by atoms with Gasteiger partial charge in [0.25, 0.3) is 0 Å². The van der Waals surface area contributed by atoms with Crippen LogP contribution in [-0.4, -0.2) is 61.6 Å². The van der Waals surface area contributed by atoms with E-state index in [1.165, 1.54) is 6.42 Å². The van der Waals surface area contributed by atoms with Crippen LogP contribution in [-0.2, 0) is 9.53 Å². The second-order valence-electron chi connectivity index (χ2n) is 7.43. The van der Waals surface area contributed by atoms with Gasteiger partial charge in [0.15, 0.2) is 0 Å². The molecule has 1 aromatic rings. The Balaban J connectivity index is 0.00000182. The van der Waals surface area contributed by atoms with Gasteiger partial charge in [-0.1, -0.05) is 37.3 Å². The number of benzene rings is 1. The predicted molar refractivity (Wildman–Crippen MR) is 114 cm³/mol. The number of nitrogens with two attached hydrogens (primary N) is 1. The number of ether oxygens (including phenoxy) is 1. The predicted octanol–water partition coefficient (Wildman–Crippen LogP) is 2.74. The average Bonchev–Trinajstić information content (AvgIpc) is 2.68. The molecule has 3 rings (SSSR count). The van der Waals surface area contributed by atoms with Crippen LogP contribution in [0.3, 0.4) is 0 Å². The SMILES string of the molecule is CC(C(=O)N1CCCC(CN2CCOCC2)C1)C(N)c1ccccc1.Cl.Cl. The molecule has 0 aromatic heterocycles. The molecule has 27 heavy (non-hydrogen) atoms. The van der Waals surface area contributed by atoms with Crippen molar-refractivity contribution in [1.82, 2.24) is 9.80 Å². The fraction of sp³-hybridized carbons (Fsp3) is 0.650. The molecule has 2 saturated heterocycles. The van der Waals surface area contributed by atoms with Crippen LogP contribution in [0.1, 0.15) is 31.4 Å². The van der Waals surface area contributed by atoms with E-state index in [0.717, 1.165) is 57.9 Å². The summed E-state index contributed by atoms with van der Waals surface area (Å²) in [5, 5.41) is 0. The number of piperidine rings is 1. The van der Waals surface area contributed by atoms with Gasteiger partial charge >= 0.3 is 0 Å². The van der Waals surface area contributed by atoms with Gasteiger partial charge in [-0.3, -0.25) is 9.69 Å². The summed E-state index contributed by atoms with van der Waals surface area (Å²) in [6.07, 6.45) is 2.30. The van der Waals surface area contributed by atoms with Gasteiger partial charge in [-0.15, -0.1) is 24.8 Å². The second-order valence-corrected chi connectivity index (χ2v) is 7.43. The Morgan fingerprint density at radius 2 is 1.85 bits per heavy atom. The number of likely N-dealkylation sites (tertiary alicyclic amines) is 1. The van der Waals surface area contributed by atoms with Crippen molar-refractivity contribution >= 4 is 30.7 Å². The van der Waals surface area contributed by atoms with Crippen molar-refractivity contribution in [3.63, 3.8) is 0 Å². The minimum atomic E-state index is -0.242. The van der Waals surface area contributed by atoms with Crippen molar-refractivity contribution in [2.75, 3.05) is 45.9 Å². The monoisotopic (exact) mass is 417 g/mol. The van der Waals surface area contributed by atoms with Crippen LogP contribution in [0.4, 0.5) is 0 Å². The van der Waals surface area contributed by atoms with E-state index in [0.29, 0.717) is 5.92 Å². The molecular formula is C20H33Cl2N3O2. The summed E-state index contributed by atoms with van der Waals surface area (Å²) >= 11 is 0. The summed E-state index contributed by atoms with van der Waals surface area (Å²) in [7, 11) is 0. The summed E-state index contributed by atoms with van der Waals surface area (Å²) in [4.78, 5) is 17.5. The van der Waals surface area contributed by atoms with Crippen LogP contribution in [0.15, 0.2) is 30.3 Å². The van der Waals surface area contributed by atoms with E-state index in [2.05, 4.69) is 4.90 Å². The van der Waals surface area contributed by atoms with E-state index in [-0.39, 0.29) is 42.7 Å². The molecule has 5 nitrogen and oxygen atoms in total. The number of rotatable bonds is 5. The lowest BCUT2D eigenvalue weighted by molar-refractivity contribution is -0.137. The highest BCUT2D eigenvalue weighted by atomic mass is 35.5. The normalized spacial score (nSPS) is 22.9. The molecule has 0 aliphatic carbocycles. The van der Waals surface area contributed by atoms with Crippen molar-refractivity contribution in [3.05, 3.63) is 35.9 Å². The second kappa shape index (κ2) is 11.9. The van der Waals surface area contributed by atoms with Crippen molar-refractivity contribution in [1.29, 1.82) is 0 Å². The number of carbonyl (C=O) groups excluding carboxylic acids is 1. The molecular weight excluding hydrogens is 385 g/mol. The molecule has 0 bridgehead atoms. The molecule has 0 saturated carbocycles. The molecule has 7 heteroatoms. The fourth-order valence-corrected chi connectivity index (χ4v) is 3.97. The first-order chi connectivity index (χ1) is 12.1. The summed E-state index contributed by atoms with van der Waals surface area (Å²) in [6.45, 7) is 8.46. The number of hydrogen-bond acceptors (Lipinski definition) is 4. The van der Waals surface area contributed by atoms with Crippen LogP contribution in [0, 0.1) is 11.8 Å². The Labute approximate surface area is 175 Å². The molecule has 2 fully saturated rings. The Morgan fingerprint density at radius 1 is 1.19 bits per heavy atom. The Hall–Kier alpha value is -0.850. The van der Waals surface area contributed by atoms with Crippen molar-refractivity contribution in [3.8, 4) is 0 Å². The summed E-state index contributed by atoms with van der Waals surface area (Å²) in [6, 6.07) is 9.70. The third-order valence-electron chi connectivity index (χ3n) is 5.56. The first-order valence-electron chi connectivity index (χ1n) is 9.54. The smallest absolute Gasteiger partial charge is 0.227 e. The molecule has 2 N–H and O–H groups in total. The summed E-state index contributed by atoms with van der Waals surface area (Å²) in [5.74, 6) is 0.573. The van der Waals surface area contributed by atoms with Crippen LogP contribution in [0.5, 0.6) is 0 Å². The Bertz CT molecular complexity index is 555. The van der Waals surface area contributed by atoms with Gasteiger partial charge in [-0.25, -0.2) is 0 Å². The lowest BCUT2D eigenvalue weighted by Gasteiger charge is -2.38. The maximum atomic E-state index is 13.0. The van der Waals surface area contributed by atoms with Crippen LogP contribution in [0.25, 0.3) is 0 Å². The van der Waals surface area contributed by atoms with Gasteiger partial charge in [0.05, 0.1) is 19.1 Å². The fourth-order valence-electron chi connectivity index (χ4n) is 3.97. The molecule has 0 spiro atoms. The van der Waals surface area contributed by atoms with E-state index >= 15 is 0 Å². The zero-order chi connectivity index (χ0) is 17.6. The standard InChI is InChI=1S/C20H31N3O2.2ClH/c1-16(19(21)18-7-3-2-4-8-18)20(24)23-9-5-6-17(15-23)14-22-10-12-25-13-11-22;;/h2-4,7-8,16-17,19H,5-6,9-15,21H2,1H3;2*1H. The third-order valence-corrected chi connectivity index (χ3v) is 5.56. The number of hydrogen-bond donors (Lipinski definition) is 1. The topological polar surface area (TPSA) is 58.8 Å². The summed E-state index contributed by atoms with van der Waals surface area (Å²) < 4.78 is 5.43. The quantitative estimate of drug-likeness (QED) is 0.799. The van der Waals surface area contributed by atoms with Crippen LogP contribution < -0.4 is 5.73 Å². The van der Waals surface area contributed by atoms with Crippen LogP contribution >= 0.6 is 24.8 Å². The molecule has 2 aliphatic heterocycles. The van der Waals surface area contributed by atoms with Gasteiger partial charge in [-0.05, 0) is 24.3 Å². The zero-order valence-corrected chi connectivity index (χ0v) is 17.7. The van der Waals surface area contributed by atoms with Gasteiger partial charge in [-0.2, -0.15) is 0 Å². The summed E-state index contributed by atoms with van der Waals surface area (Å²) in [5.41, 5.74) is 7.39. The maximum absolute atomic E-state index is 13.0. The molecule has 0 radical (unpaired) electrons. The third kappa shape index (κ3) is 6.61. The lowest BCUT2D eigenvalue weighted by Crippen LogP contribution is -2.48. The van der Waals surface area contributed by atoms with Gasteiger partial charge in [0.2, 0.25) is 5.91 Å². The Morgan fingerprint density at radius 3 is 2.52 bits per heavy atom. The first kappa shape index (κ1) is 24.2. The van der Waals surface area contributed by atoms with E-state index in [9.17, 15) is 4.79 Å². The number of morpholine rings is 1. The highest BCUT2D eigenvalue weighted by Crippen LogP contribution is 2.25. The van der Waals surface area contributed by atoms with Gasteiger partial charge in [0.1, 0.15) is 0 Å². The largest absolute Gasteiger partial charge is 0.379 e. The number of amides is 1. The number of halogens is 2. The average molecular weight is 418 g/mol. The minimum Gasteiger partial charge on any atom is -0.379 e. The van der Waals surface area contributed by atoms with Gasteiger partial charge < -0.3 is 15.4 Å². The molecule has 2 heterocycles. The molecule has 2 aliphatic rings. The Kier molecular flexibility index (Phi) is 10.6. The van der Waals surface area contributed by atoms with E-state index in [1.54, 1.807) is 0 Å². The number of nitrogens with zero attached hydrogens (tertiary/aromatic N) is 2.